The van der Waals surface area contributed by atoms with Crippen LogP contribution in [-0.2, 0) is 14.4 Å². The molecule has 0 saturated heterocycles. The van der Waals surface area contributed by atoms with Gasteiger partial charge in [0.2, 0.25) is 0 Å². The molecule has 0 atom stereocenters. The van der Waals surface area contributed by atoms with Crippen LogP contribution in [0.4, 0.5) is 0 Å². The minimum absolute atomic E-state index is 0.0239. The number of oxime groups is 1. The van der Waals surface area contributed by atoms with Gasteiger partial charge >= 0.3 is 11.9 Å². The molecule has 0 bridgehead atoms. The highest BCUT2D eigenvalue weighted by molar-refractivity contribution is 9.09. The van der Waals surface area contributed by atoms with Gasteiger partial charge in [0.15, 0.2) is 5.71 Å². The third-order valence-corrected chi connectivity index (χ3v) is 2.74. The van der Waals surface area contributed by atoms with Gasteiger partial charge < -0.3 is 9.57 Å². The summed E-state index contributed by atoms with van der Waals surface area (Å²) >= 11 is 8.76. The lowest BCUT2D eigenvalue weighted by Gasteiger charge is -2.02. The molecule has 1 aromatic rings. The van der Waals surface area contributed by atoms with Crippen molar-refractivity contribution in [1.82, 2.24) is 0 Å². The summed E-state index contributed by atoms with van der Waals surface area (Å²) in [5.41, 5.74) is 0.259. The summed E-state index contributed by atoms with van der Waals surface area (Å²) in [5.74, 6) is -1.32. The minimum atomic E-state index is -0.681. The molecule has 1 rings (SSSR count). The van der Waals surface area contributed by atoms with Crippen molar-refractivity contribution in [2.24, 2.45) is 5.16 Å². The molecule has 0 amide bonds. The van der Waals surface area contributed by atoms with E-state index in [4.69, 9.17) is 16.3 Å². The Bertz CT molecular complexity index is 487. The Hall–Kier alpha value is -1.40. The predicted molar refractivity (Wildman–Crippen MR) is 74.7 cm³/mol. The van der Waals surface area contributed by atoms with Gasteiger partial charge in [-0.05, 0) is 31.2 Å². The second-order valence-electron chi connectivity index (χ2n) is 3.28. The largest absolute Gasteiger partial charge is 0.461 e. The molecule has 0 radical (unpaired) electrons. The number of benzene rings is 1. The number of rotatable bonds is 5. The molecule has 0 aliphatic carbocycles. The molecule has 0 saturated carbocycles. The van der Waals surface area contributed by atoms with E-state index in [1.165, 1.54) is 12.1 Å². The lowest BCUT2D eigenvalue weighted by Crippen LogP contribution is -2.20. The van der Waals surface area contributed by atoms with Gasteiger partial charge in [-0.25, -0.2) is 9.59 Å². The van der Waals surface area contributed by atoms with Crippen LogP contribution in [0, 0.1) is 0 Å². The first kappa shape index (κ1) is 15.7. The molecule has 19 heavy (non-hydrogen) atoms. The van der Waals surface area contributed by atoms with E-state index in [1.54, 1.807) is 19.1 Å². The van der Waals surface area contributed by atoms with E-state index < -0.39 is 11.9 Å². The van der Waals surface area contributed by atoms with Crippen molar-refractivity contribution < 1.29 is 19.2 Å². The van der Waals surface area contributed by atoms with Crippen molar-refractivity contribution in [3.8, 4) is 0 Å². The summed E-state index contributed by atoms with van der Waals surface area (Å²) in [6, 6.07) is 6.11. The van der Waals surface area contributed by atoms with Crippen molar-refractivity contribution >= 4 is 45.2 Å². The lowest BCUT2D eigenvalue weighted by molar-refractivity contribution is -0.135. The van der Waals surface area contributed by atoms with Crippen molar-refractivity contribution in [3.63, 3.8) is 0 Å². The van der Waals surface area contributed by atoms with Gasteiger partial charge in [-0.2, -0.15) is 0 Å². The Morgan fingerprint density at radius 1 is 1.32 bits per heavy atom. The van der Waals surface area contributed by atoms with Crippen molar-refractivity contribution in [2.45, 2.75) is 6.92 Å². The number of carbonyl (C=O) groups excluding carboxylic acids is 2. The van der Waals surface area contributed by atoms with Crippen LogP contribution in [0.5, 0.6) is 0 Å². The van der Waals surface area contributed by atoms with Gasteiger partial charge in [0.1, 0.15) is 0 Å². The fourth-order valence-electron chi connectivity index (χ4n) is 1.07. The zero-order valence-corrected chi connectivity index (χ0v) is 12.4. The van der Waals surface area contributed by atoms with Gasteiger partial charge in [-0.1, -0.05) is 32.7 Å². The van der Waals surface area contributed by atoms with Gasteiger partial charge in [0.05, 0.1) is 17.5 Å². The predicted octanol–water partition coefficient (Wildman–Crippen LogP) is 2.81. The summed E-state index contributed by atoms with van der Waals surface area (Å²) in [4.78, 5) is 27.7. The zero-order valence-electron chi connectivity index (χ0n) is 10.1. The lowest BCUT2D eigenvalue weighted by atomic mass is 10.2. The molecule has 0 spiro atoms. The number of ether oxygens (including phenoxy) is 1. The maximum atomic E-state index is 11.6. The number of carbonyl (C=O) groups is 2. The van der Waals surface area contributed by atoms with E-state index in [1.807, 2.05) is 0 Å². The van der Waals surface area contributed by atoms with Crippen molar-refractivity contribution in [1.29, 1.82) is 0 Å². The monoisotopic (exact) mass is 347 g/mol. The number of esters is 1. The standard InChI is InChI=1S/C12H11BrClNO4/c1-2-18-12(17)10(7-13)15-19-11(16)8-3-5-9(14)6-4-8/h3-6H,2,7H2,1H3. The number of hydrogen-bond acceptors (Lipinski definition) is 5. The maximum Gasteiger partial charge on any atom is 0.365 e. The van der Waals surface area contributed by atoms with Gasteiger partial charge in [-0.15, -0.1) is 0 Å². The summed E-state index contributed by atoms with van der Waals surface area (Å²) in [6.45, 7) is 1.89. The number of hydrogen-bond donors (Lipinski definition) is 0. The van der Waals surface area contributed by atoms with Crippen molar-refractivity contribution in [3.05, 3.63) is 34.9 Å². The third-order valence-electron chi connectivity index (χ3n) is 1.96. The number of alkyl halides is 1. The second kappa shape index (κ2) is 7.91. The molecule has 0 N–H and O–H groups in total. The summed E-state index contributed by atoms with van der Waals surface area (Å²) < 4.78 is 4.74. The van der Waals surface area contributed by atoms with Crippen LogP contribution in [-0.4, -0.2) is 29.6 Å². The molecular formula is C12H11BrClNO4. The van der Waals surface area contributed by atoms with Crippen LogP contribution < -0.4 is 0 Å². The minimum Gasteiger partial charge on any atom is -0.461 e. The Morgan fingerprint density at radius 2 is 1.95 bits per heavy atom. The van der Waals surface area contributed by atoms with Gasteiger partial charge in [0.25, 0.3) is 0 Å². The first-order chi connectivity index (χ1) is 9.08. The fourth-order valence-corrected chi connectivity index (χ4v) is 1.52. The highest BCUT2D eigenvalue weighted by atomic mass is 79.9. The molecule has 0 aliphatic rings. The Morgan fingerprint density at radius 3 is 2.47 bits per heavy atom. The summed E-state index contributed by atoms with van der Waals surface area (Å²) in [7, 11) is 0. The van der Waals surface area contributed by atoms with Crippen LogP contribution in [0.25, 0.3) is 0 Å². The Balaban J connectivity index is 2.70. The molecule has 0 heterocycles. The van der Waals surface area contributed by atoms with Crippen LogP contribution >= 0.6 is 27.5 Å². The first-order valence-corrected chi connectivity index (χ1v) is 6.85. The number of nitrogens with zero attached hydrogens (tertiary/aromatic N) is 1. The van der Waals surface area contributed by atoms with E-state index in [2.05, 4.69) is 25.9 Å². The highest BCUT2D eigenvalue weighted by Gasteiger charge is 2.14. The molecule has 1 aromatic carbocycles. The molecule has 0 aliphatic heterocycles. The second-order valence-corrected chi connectivity index (χ2v) is 4.27. The van der Waals surface area contributed by atoms with Crippen molar-refractivity contribution in [2.75, 3.05) is 11.9 Å². The van der Waals surface area contributed by atoms with E-state index in [0.29, 0.717) is 5.02 Å². The van der Waals surface area contributed by atoms with Gasteiger partial charge in [-0.3, -0.25) is 0 Å². The number of halogens is 2. The summed E-state index contributed by atoms with van der Waals surface area (Å²) in [6.07, 6.45) is 0. The molecule has 0 fully saturated rings. The quantitative estimate of drug-likeness (QED) is 0.270. The third kappa shape index (κ3) is 5.00. The normalized spacial score (nSPS) is 11.0. The SMILES string of the molecule is CCOC(=O)C(CBr)=NOC(=O)c1ccc(Cl)cc1. The molecule has 102 valence electrons. The maximum absolute atomic E-state index is 11.6. The molecule has 7 heteroatoms. The zero-order chi connectivity index (χ0) is 14.3. The Labute approximate surface area is 123 Å². The fraction of sp³-hybridized carbons (Fsp3) is 0.250. The van der Waals surface area contributed by atoms with Crippen LogP contribution in [0.15, 0.2) is 29.4 Å². The smallest absolute Gasteiger partial charge is 0.365 e. The average molecular weight is 349 g/mol. The molecule has 0 unspecified atom stereocenters. The first-order valence-electron chi connectivity index (χ1n) is 5.35. The van der Waals surface area contributed by atoms with E-state index >= 15 is 0 Å². The Kier molecular flexibility index (Phi) is 6.52. The molecular weight excluding hydrogens is 337 g/mol. The summed E-state index contributed by atoms with van der Waals surface area (Å²) in [5, 5.41) is 4.10. The van der Waals surface area contributed by atoms with E-state index in [0.717, 1.165) is 0 Å². The van der Waals surface area contributed by atoms with Crippen LogP contribution in [0.1, 0.15) is 17.3 Å². The van der Waals surface area contributed by atoms with E-state index in [9.17, 15) is 9.59 Å². The highest BCUT2D eigenvalue weighted by Crippen LogP contribution is 2.10. The van der Waals surface area contributed by atoms with Gasteiger partial charge in [0, 0.05) is 5.02 Å². The topological polar surface area (TPSA) is 65.0 Å². The molecule has 0 aromatic heterocycles. The van der Waals surface area contributed by atoms with Crippen LogP contribution in [0.3, 0.4) is 0 Å². The molecule has 5 nitrogen and oxygen atoms in total. The van der Waals surface area contributed by atoms with E-state index in [-0.39, 0.29) is 23.2 Å². The average Bonchev–Trinajstić information content (AvgIpc) is 2.40. The van der Waals surface area contributed by atoms with Crippen LogP contribution in [0.2, 0.25) is 5.02 Å².